The quantitative estimate of drug-likeness (QED) is 0.112. The van der Waals surface area contributed by atoms with E-state index in [1.165, 1.54) is 57.8 Å². The minimum Gasteiger partial charge on any atom is -0.327 e. The molecule has 0 aromatic rings. The van der Waals surface area contributed by atoms with Gasteiger partial charge in [-0.3, -0.25) is 4.18 Å². The molecule has 0 heterocycles. The predicted octanol–water partition coefficient (Wildman–Crippen LogP) is 7.43. The Hall–Kier alpha value is -0.460. The Balaban J connectivity index is 0. The first kappa shape index (κ1) is 31.7. The van der Waals surface area contributed by atoms with Crippen molar-refractivity contribution >= 4 is 10.1 Å². The molecule has 0 amide bonds. The Bertz CT molecular complexity index is 444. The van der Waals surface area contributed by atoms with Crippen molar-refractivity contribution in [1.29, 1.82) is 0 Å². The van der Waals surface area contributed by atoms with Crippen molar-refractivity contribution in [2.45, 2.75) is 129 Å². The van der Waals surface area contributed by atoms with Crippen molar-refractivity contribution in [3.05, 3.63) is 12.7 Å². The Morgan fingerprint density at radius 3 is 1.57 bits per heavy atom. The summed E-state index contributed by atoms with van der Waals surface area (Å²) in [5.74, 6) is 0. The normalized spacial score (nSPS) is 12.3. The monoisotopic (exact) mass is 451 g/mol. The SMILES string of the molecule is C=CCN.CCCCCCCCCCCCCCOS(=O)(=O)C(F)CCCCCC. The van der Waals surface area contributed by atoms with Crippen molar-refractivity contribution in [3.8, 4) is 0 Å². The highest BCUT2D eigenvalue weighted by molar-refractivity contribution is 7.87. The molecule has 6 heteroatoms. The molecule has 0 aromatic carbocycles. The zero-order valence-electron chi connectivity index (χ0n) is 19.9. The Morgan fingerprint density at radius 2 is 1.17 bits per heavy atom. The third-order valence-electron chi connectivity index (χ3n) is 5.01. The van der Waals surface area contributed by atoms with Crippen molar-refractivity contribution in [2.75, 3.05) is 13.2 Å². The van der Waals surface area contributed by atoms with E-state index >= 15 is 0 Å². The summed E-state index contributed by atoms with van der Waals surface area (Å²) in [7, 11) is -4.03. The van der Waals surface area contributed by atoms with Crippen molar-refractivity contribution in [3.63, 3.8) is 0 Å². The van der Waals surface area contributed by atoms with E-state index in [0.29, 0.717) is 19.4 Å². The van der Waals surface area contributed by atoms with Gasteiger partial charge in [0.05, 0.1) is 6.61 Å². The van der Waals surface area contributed by atoms with Gasteiger partial charge in [-0.15, -0.1) is 6.58 Å². The Labute approximate surface area is 187 Å². The molecule has 0 aromatic heterocycles. The molecule has 0 radical (unpaired) electrons. The number of rotatable bonds is 21. The van der Waals surface area contributed by atoms with Gasteiger partial charge in [-0.25, -0.2) is 4.39 Å². The summed E-state index contributed by atoms with van der Waals surface area (Å²) in [5, 5.41) is 0. The van der Waals surface area contributed by atoms with Gasteiger partial charge >= 0.3 is 0 Å². The minimum atomic E-state index is -4.03. The number of alkyl halides is 1. The fraction of sp³-hybridized carbons (Fsp3) is 0.917. The van der Waals surface area contributed by atoms with E-state index in [1.54, 1.807) is 6.08 Å². The molecule has 0 spiro atoms. The van der Waals surface area contributed by atoms with E-state index in [0.717, 1.165) is 32.1 Å². The van der Waals surface area contributed by atoms with Gasteiger partial charge in [0.1, 0.15) is 0 Å². The third kappa shape index (κ3) is 23.8. The minimum absolute atomic E-state index is 0.0563. The standard InChI is InChI=1S/C21H43FO3S.C3H7N/c1-3-5-7-9-10-11-12-13-14-15-16-18-20-25-26(23,24)21(22)19-17-8-6-4-2;1-2-3-4/h21H,3-20H2,1-2H3;2H,1,3-4H2. The molecule has 0 aliphatic rings. The summed E-state index contributed by atoms with van der Waals surface area (Å²) in [6, 6.07) is 0. The average Bonchev–Trinajstić information content (AvgIpc) is 2.74. The van der Waals surface area contributed by atoms with E-state index in [9.17, 15) is 12.8 Å². The number of nitrogens with two attached hydrogens (primary N) is 1. The molecule has 0 aliphatic carbocycles. The van der Waals surface area contributed by atoms with Crippen LogP contribution in [0.5, 0.6) is 0 Å². The van der Waals surface area contributed by atoms with E-state index in [1.807, 2.05) is 0 Å². The van der Waals surface area contributed by atoms with Crippen LogP contribution in [0.4, 0.5) is 4.39 Å². The molecule has 2 N–H and O–H groups in total. The lowest BCUT2D eigenvalue weighted by atomic mass is 10.1. The van der Waals surface area contributed by atoms with Crippen LogP contribution >= 0.6 is 0 Å². The van der Waals surface area contributed by atoms with Crippen LogP contribution in [-0.2, 0) is 14.3 Å². The second-order valence-corrected chi connectivity index (χ2v) is 9.72. The van der Waals surface area contributed by atoms with Crippen LogP contribution < -0.4 is 5.73 Å². The number of halogens is 1. The van der Waals surface area contributed by atoms with Gasteiger partial charge in [0.15, 0.2) is 0 Å². The summed E-state index contributed by atoms with van der Waals surface area (Å²) < 4.78 is 42.0. The fourth-order valence-corrected chi connectivity index (χ4v) is 4.02. The van der Waals surface area contributed by atoms with E-state index < -0.39 is 15.6 Å². The second kappa shape index (κ2) is 24.8. The summed E-state index contributed by atoms with van der Waals surface area (Å²) in [6.07, 6.45) is 19.9. The van der Waals surface area contributed by atoms with E-state index in [-0.39, 0.29) is 13.0 Å². The van der Waals surface area contributed by atoms with Crippen LogP contribution in [-0.4, -0.2) is 27.1 Å². The molecule has 0 rings (SSSR count). The fourth-order valence-electron chi connectivity index (χ4n) is 3.07. The maximum Gasteiger partial charge on any atom is 0.299 e. The lowest BCUT2D eigenvalue weighted by molar-refractivity contribution is 0.271. The lowest BCUT2D eigenvalue weighted by Crippen LogP contribution is -2.19. The third-order valence-corrected chi connectivity index (χ3v) is 6.37. The zero-order chi connectivity index (χ0) is 22.9. The topological polar surface area (TPSA) is 69.4 Å². The molecule has 182 valence electrons. The molecule has 0 aliphatic heterocycles. The van der Waals surface area contributed by atoms with Gasteiger partial charge in [0.25, 0.3) is 10.1 Å². The molecule has 0 fully saturated rings. The molecule has 4 nitrogen and oxygen atoms in total. The molecule has 1 unspecified atom stereocenters. The Morgan fingerprint density at radius 1 is 0.800 bits per heavy atom. The van der Waals surface area contributed by atoms with Gasteiger partial charge in [-0.1, -0.05) is 110 Å². The van der Waals surface area contributed by atoms with Crippen molar-refractivity contribution in [1.82, 2.24) is 0 Å². The van der Waals surface area contributed by atoms with Gasteiger partial charge in [0, 0.05) is 6.54 Å². The van der Waals surface area contributed by atoms with Crippen LogP contribution in [0.15, 0.2) is 12.7 Å². The molecular weight excluding hydrogens is 401 g/mol. The van der Waals surface area contributed by atoms with E-state index in [2.05, 4.69) is 20.4 Å². The summed E-state index contributed by atoms with van der Waals surface area (Å²) in [4.78, 5) is 0. The van der Waals surface area contributed by atoms with Gasteiger partial charge in [0.2, 0.25) is 5.50 Å². The zero-order valence-corrected chi connectivity index (χ0v) is 20.7. The molecule has 1 atom stereocenters. The average molecular weight is 452 g/mol. The molecular formula is C24H50FNO3S. The first-order valence-corrected chi connectivity index (χ1v) is 13.8. The lowest BCUT2D eigenvalue weighted by Gasteiger charge is -2.10. The Kier molecular flexibility index (Phi) is 26.2. The van der Waals surface area contributed by atoms with E-state index in [4.69, 9.17) is 9.92 Å². The van der Waals surface area contributed by atoms with Gasteiger partial charge in [-0.05, 0) is 19.3 Å². The van der Waals surface area contributed by atoms with Crippen LogP contribution in [0.25, 0.3) is 0 Å². The first-order chi connectivity index (χ1) is 14.5. The number of hydrogen-bond acceptors (Lipinski definition) is 4. The van der Waals surface area contributed by atoms with Crippen molar-refractivity contribution in [2.24, 2.45) is 5.73 Å². The highest BCUT2D eigenvalue weighted by atomic mass is 32.2. The maximum atomic E-state index is 13.7. The number of unbranched alkanes of at least 4 members (excludes halogenated alkanes) is 14. The van der Waals surface area contributed by atoms with Crippen LogP contribution in [0.3, 0.4) is 0 Å². The van der Waals surface area contributed by atoms with Gasteiger partial charge in [-0.2, -0.15) is 8.42 Å². The molecule has 0 saturated carbocycles. The number of hydrogen-bond donors (Lipinski definition) is 1. The largest absolute Gasteiger partial charge is 0.327 e. The maximum absolute atomic E-state index is 13.7. The van der Waals surface area contributed by atoms with Crippen LogP contribution in [0.2, 0.25) is 0 Å². The first-order valence-electron chi connectivity index (χ1n) is 12.3. The summed E-state index contributed by atoms with van der Waals surface area (Å²) in [6.45, 7) is 8.37. The smallest absolute Gasteiger partial charge is 0.299 e. The molecule has 0 saturated heterocycles. The predicted molar refractivity (Wildman–Crippen MR) is 129 cm³/mol. The highest BCUT2D eigenvalue weighted by Gasteiger charge is 2.25. The summed E-state index contributed by atoms with van der Waals surface area (Å²) >= 11 is 0. The van der Waals surface area contributed by atoms with Gasteiger partial charge < -0.3 is 5.73 Å². The van der Waals surface area contributed by atoms with Crippen LogP contribution in [0.1, 0.15) is 123 Å². The highest BCUT2D eigenvalue weighted by Crippen LogP contribution is 2.16. The second-order valence-electron chi connectivity index (χ2n) is 7.99. The van der Waals surface area contributed by atoms with Crippen LogP contribution in [0, 0.1) is 0 Å². The van der Waals surface area contributed by atoms with Crippen molar-refractivity contribution < 1.29 is 17.0 Å². The molecule has 0 bridgehead atoms. The summed E-state index contributed by atoms with van der Waals surface area (Å²) in [5.41, 5.74) is 3.05. The molecule has 30 heavy (non-hydrogen) atoms.